The number of aromatic nitrogens is 3. The molecule has 3 aromatic heterocycles. The molecule has 0 spiro atoms. The van der Waals surface area contributed by atoms with Crippen molar-refractivity contribution >= 4 is 22.8 Å². The summed E-state index contributed by atoms with van der Waals surface area (Å²) in [6.07, 6.45) is 1.77. The van der Waals surface area contributed by atoms with Crippen molar-refractivity contribution in [3.63, 3.8) is 0 Å². The highest BCUT2D eigenvalue weighted by Gasteiger charge is 2.23. The standard InChI is InChI=1S/C18H17N5O2/c24-16-7-5-13-4-6-14(20-17(13)21-16)18(25)23-11-9-22(10-12-23)15-3-1-2-8-19-15/h1-8H,9-12H2,(H,20,21,24). The quantitative estimate of drug-likeness (QED) is 0.763. The molecule has 1 amide bonds. The van der Waals surface area contributed by atoms with Crippen LogP contribution in [0.15, 0.2) is 53.5 Å². The zero-order chi connectivity index (χ0) is 17.2. The topological polar surface area (TPSA) is 82.2 Å². The largest absolute Gasteiger partial charge is 0.353 e. The molecule has 1 aliphatic rings. The van der Waals surface area contributed by atoms with E-state index in [0.29, 0.717) is 24.4 Å². The maximum Gasteiger partial charge on any atom is 0.272 e. The van der Waals surface area contributed by atoms with Gasteiger partial charge < -0.3 is 14.8 Å². The Morgan fingerprint density at radius 2 is 1.80 bits per heavy atom. The second kappa shape index (κ2) is 6.35. The van der Waals surface area contributed by atoms with Gasteiger partial charge in [-0.25, -0.2) is 9.97 Å². The summed E-state index contributed by atoms with van der Waals surface area (Å²) < 4.78 is 0. The lowest BCUT2D eigenvalue weighted by Gasteiger charge is -2.35. The third kappa shape index (κ3) is 3.08. The van der Waals surface area contributed by atoms with E-state index < -0.39 is 0 Å². The number of carbonyl (C=O) groups excluding carboxylic acids is 1. The monoisotopic (exact) mass is 335 g/mol. The highest BCUT2D eigenvalue weighted by molar-refractivity contribution is 5.94. The Morgan fingerprint density at radius 3 is 2.56 bits per heavy atom. The maximum atomic E-state index is 12.7. The lowest BCUT2D eigenvalue weighted by Crippen LogP contribution is -2.49. The number of pyridine rings is 3. The molecule has 0 atom stereocenters. The Hall–Kier alpha value is -3.22. The van der Waals surface area contributed by atoms with Gasteiger partial charge in [0, 0.05) is 43.8 Å². The molecule has 126 valence electrons. The van der Waals surface area contributed by atoms with Gasteiger partial charge in [-0.05, 0) is 30.3 Å². The molecular weight excluding hydrogens is 318 g/mol. The van der Waals surface area contributed by atoms with E-state index in [9.17, 15) is 9.59 Å². The molecule has 0 bridgehead atoms. The molecule has 1 N–H and O–H groups in total. The normalized spacial score (nSPS) is 14.7. The van der Waals surface area contributed by atoms with Crippen LogP contribution < -0.4 is 10.5 Å². The first-order chi connectivity index (χ1) is 12.2. The smallest absolute Gasteiger partial charge is 0.272 e. The first-order valence-electron chi connectivity index (χ1n) is 8.16. The number of anilines is 1. The molecule has 0 saturated carbocycles. The van der Waals surface area contributed by atoms with Crippen molar-refractivity contribution in [3.05, 3.63) is 64.7 Å². The number of amides is 1. The van der Waals surface area contributed by atoms with E-state index in [4.69, 9.17) is 0 Å². The number of carbonyl (C=O) groups is 1. The van der Waals surface area contributed by atoms with Gasteiger partial charge in [0.25, 0.3) is 5.91 Å². The van der Waals surface area contributed by atoms with Gasteiger partial charge in [0.15, 0.2) is 0 Å². The maximum absolute atomic E-state index is 12.7. The van der Waals surface area contributed by atoms with Gasteiger partial charge in [0.1, 0.15) is 17.2 Å². The number of nitrogens with zero attached hydrogens (tertiary/aromatic N) is 4. The van der Waals surface area contributed by atoms with E-state index in [1.54, 1.807) is 29.3 Å². The Kier molecular flexibility index (Phi) is 3.89. The summed E-state index contributed by atoms with van der Waals surface area (Å²) in [7, 11) is 0. The van der Waals surface area contributed by atoms with E-state index in [2.05, 4.69) is 19.9 Å². The van der Waals surface area contributed by atoms with E-state index in [0.717, 1.165) is 24.3 Å². The third-order valence-corrected chi connectivity index (χ3v) is 4.34. The molecule has 1 saturated heterocycles. The molecule has 0 aliphatic carbocycles. The van der Waals surface area contributed by atoms with Gasteiger partial charge in [-0.3, -0.25) is 9.59 Å². The Bertz CT molecular complexity index is 962. The van der Waals surface area contributed by atoms with Crippen LogP contribution in [-0.4, -0.2) is 51.9 Å². The first-order valence-corrected chi connectivity index (χ1v) is 8.16. The molecule has 4 heterocycles. The van der Waals surface area contributed by atoms with Crippen LogP contribution in [0.25, 0.3) is 11.0 Å². The summed E-state index contributed by atoms with van der Waals surface area (Å²) >= 11 is 0. The minimum absolute atomic E-state index is 0.118. The molecule has 0 aromatic carbocycles. The van der Waals surface area contributed by atoms with Gasteiger partial charge in [-0.1, -0.05) is 6.07 Å². The summed E-state index contributed by atoms with van der Waals surface area (Å²) in [6.45, 7) is 2.68. The van der Waals surface area contributed by atoms with Crippen molar-refractivity contribution in [2.24, 2.45) is 0 Å². The van der Waals surface area contributed by atoms with Crippen LogP contribution in [0.5, 0.6) is 0 Å². The van der Waals surface area contributed by atoms with Crippen LogP contribution in [0.2, 0.25) is 0 Å². The van der Waals surface area contributed by atoms with Gasteiger partial charge in [0.2, 0.25) is 5.56 Å². The summed E-state index contributed by atoms with van der Waals surface area (Å²) in [6, 6.07) is 12.5. The fraction of sp³-hybridized carbons (Fsp3) is 0.222. The second-order valence-electron chi connectivity index (χ2n) is 5.92. The lowest BCUT2D eigenvalue weighted by atomic mass is 10.2. The summed E-state index contributed by atoms with van der Waals surface area (Å²) in [4.78, 5) is 39.4. The zero-order valence-corrected chi connectivity index (χ0v) is 13.6. The van der Waals surface area contributed by atoms with E-state index in [1.807, 2.05) is 18.2 Å². The molecule has 25 heavy (non-hydrogen) atoms. The number of rotatable bonds is 2. The molecule has 4 rings (SSSR count). The zero-order valence-electron chi connectivity index (χ0n) is 13.6. The summed E-state index contributed by atoms with van der Waals surface area (Å²) in [5, 5.41) is 0.802. The molecule has 7 nitrogen and oxygen atoms in total. The van der Waals surface area contributed by atoms with Crippen molar-refractivity contribution in [1.82, 2.24) is 19.9 Å². The lowest BCUT2D eigenvalue weighted by molar-refractivity contribution is 0.0741. The number of hydrogen-bond acceptors (Lipinski definition) is 5. The number of hydrogen-bond donors (Lipinski definition) is 1. The van der Waals surface area contributed by atoms with Crippen LogP contribution in [0.3, 0.4) is 0 Å². The van der Waals surface area contributed by atoms with Crippen molar-refractivity contribution < 1.29 is 4.79 Å². The predicted molar refractivity (Wildman–Crippen MR) is 94.7 cm³/mol. The van der Waals surface area contributed by atoms with Crippen molar-refractivity contribution in [2.45, 2.75) is 0 Å². The highest BCUT2D eigenvalue weighted by Crippen LogP contribution is 2.15. The predicted octanol–water partition coefficient (Wildman–Crippen LogP) is 1.28. The first kappa shape index (κ1) is 15.3. The van der Waals surface area contributed by atoms with Gasteiger partial charge in [-0.2, -0.15) is 0 Å². The summed E-state index contributed by atoms with van der Waals surface area (Å²) in [5.74, 6) is 0.809. The molecular formula is C18H17N5O2. The minimum atomic E-state index is -0.228. The number of aromatic amines is 1. The fourth-order valence-electron chi connectivity index (χ4n) is 2.99. The summed E-state index contributed by atoms with van der Waals surface area (Å²) in [5.41, 5.74) is 0.555. The molecule has 1 fully saturated rings. The van der Waals surface area contributed by atoms with Crippen LogP contribution in [0, 0.1) is 0 Å². The van der Waals surface area contributed by atoms with Gasteiger partial charge in [0.05, 0.1) is 0 Å². The van der Waals surface area contributed by atoms with Gasteiger partial charge >= 0.3 is 0 Å². The Balaban J connectivity index is 1.49. The number of fused-ring (bicyclic) bond motifs is 1. The molecule has 0 unspecified atom stereocenters. The van der Waals surface area contributed by atoms with Crippen LogP contribution >= 0.6 is 0 Å². The fourth-order valence-corrected chi connectivity index (χ4v) is 2.99. The van der Waals surface area contributed by atoms with Gasteiger partial charge in [-0.15, -0.1) is 0 Å². The van der Waals surface area contributed by atoms with E-state index >= 15 is 0 Å². The number of nitrogens with one attached hydrogen (secondary N) is 1. The Labute approximate surface area is 143 Å². The van der Waals surface area contributed by atoms with E-state index in [-0.39, 0.29) is 11.5 Å². The third-order valence-electron chi connectivity index (χ3n) is 4.34. The molecule has 3 aromatic rings. The van der Waals surface area contributed by atoms with Crippen LogP contribution in [-0.2, 0) is 0 Å². The Morgan fingerprint density at radius 1 is 1.00 bits per heavy atom. The van der Waals surface area contributed by atoms with Crippen molar-refractivity contribution in [1.29, 1.82) is 0 Å². The SMILES string of the molecule is O=C(c1ccc2ccc(=O)[nH]c2n1)N1CCN(c2ccccn2)CC1. The van der Waals surface area contributed by atoms with Crippen LogP contribution in [0.4, 0.5) is 5.82 Å². The minimum Gasteiger partial charge on any atom is -0.353 e. The molecule has 1 aliphatic heterocycles. The average Bonchev–Trinajstić information content (AvgIpc) is 2.67. The van der Waals surface area contributed by atoms with Crippen molar-refractivity contribution in [2.75, 3.05) is 31.1 Å². The number of piperazine rings is 1. The van der Waals surface area contributed by atoms with E-state index in [1.165, 1.54) is 6.07 Å². The second-order valence-corrected chi connectivity index (χ2v) is 5.92. The average molecular weight is 335 g/mol. The number of H-pyrrole nitrogens is 1. The molecule has 7 heteroatoms. The molecule has 0 radical (unpaired) electrons. The van der Waals surface area contributed by atoms with Crippen LogP contribution in [0.1, 0.15) is 10.5 Å². The van der Waals surface area contributed by atoms with Crippen molar-refractivity contribution in [3.8, 4) is 0 Å². The highest BCUT2D eigenvalue weighted by atomic mass is 16.2.